The van der Waals surface area contributed by atoms with E-state index < -0.39 is 12.1 Å². The van der Waals surface area contributed by atoms with Crippen molar-refractivity contribution in [3.63, 3.8) is 0 Å². The fraction of sp³-hybridized carbons (Fsp3) is 0.346. The van der Waals surface area contributed by atoms with Crippen molar-refractivity contribution in [2.24, 2.45) is 5.92 Å². The molecule has 0 saturated heterocycles. The van der Waals surface area contributed by atoms with E-state index in [2.05, 4.69) is 16.0 Å². The second kappa shape index (κ2) is 11.7. The third kappa shape index (κ3) is 6.51. The number of carbonyl (C=O) groups is 2. The third-order valence-electron chi connectivity index (χ3n) is 5.49. The van der Waals surface area contributed by atoms with E-state index in [4.69, 9.17) is 21.7 Å². The van der Waals surface area contributed by atoms with Crippen molar-refractivity contribution in [3.8, 4) is 5.75 Å². The number of rotatable bonds is 8. The molecule has 0 saturated carbocycles. The number of nitrogens with one attached hydrogen (secondary N) is 3. The fourth-order valence-corrected chi connectivity index (χ4v) is 4.17. The van der Waals surface area contributed by atoms with Gasteiger partial charge in [-0.15, -0.1) is 0 Å². The topological polar surface area (TPSA) is 91.9 Å². The summed E-state index contributed by atoms with van der Waals surface area (Å²) in [5.41, 5.74) is 3.20. The zero-order valence-electron chi connectivity index (χ0n) is 20.7. The van der Waals surface area contributed by atoms with Crippen molar-refractivity contribution < 1.29 is 19.1 Å². The van der Waals surface area contributed by atoms with Crippen LogP contribution in [0.5, 0.6) is 5.75 Å². The molecule has 0 spiro atoms. The molecule has 0 aromatic heterocycles. The zero-order chi connectivity index (χ0) is 25.5. The molecule has 9 heteroatoms. The van der Waals surface area contributed by atoms with Gasteiger partial charge in [0.1, 0.15) is 5.75 Å². The molecule has 35 heavy (non-hydrogen) atoms. The Labute approximate surface area is 211 Å². The second-order valence-corrected chi connectivity index (χ2v) is 8.94. The molecule has 1 unspecified atom stereocenters. The number of benzene rings is 2. The lowest BCUT2D eigenvalue weighted by atomic mass is 9.94. The standard InChI is InChI=1S/C26H32N4O4S/c1-6-30-17(4)22(24(31)34-15-16(2)3)23(29-26(30)35)18-9-7-10-19(13-18)27-25(32)28-20-11-8-12-21(14-20)33-5/h7-14,16,23H,6,15H2,1-5H3,(H,29,35)(H2,27,28,32). The molecule has 2 amide bonds. The van der Waals surface area contributed by atoms with Crippen LogP contribution in [0, 0.1) is 5.92 Å². The first-order valence-corrected chi connectivity index (χ1v) is 11.9. The first-order valence-electron chi connectivity index (χ1n) is 11.5. The van der Waals surface area contributed by atoms with Crippen LogP contribution in [0.15, 0.2) is 59.8 Å². The summed E-state index contributed by atoms with van der Waals surface area (Å²) in [5, 5.41) is 9.43. The molecule has 1 heterocycles. The number of allylic oxidation sites excluding steroid dienone is 1. The van der Waals surface area contributed by atoms with Gasteiger partial charge < -0.3 is 30.3 Å². The highest BCUT2D eigenvalue weighted by Gasteiger charge is 2.34. The summed E-state index contributed by atoms with van der Waals surface area (Å²) in [6.45, 7) is 8.77. The van der Waals surface area contributed by atoms with Crippen LogP contribution in [-0.4, -0.2) is 42.3 Å². The molecule has 1 atom stereocenters. The van der Waals surface area contributed by atoms with Crippen LogP contribution >= 0.6 is 12.2 Å². The number of anilines is 2. The van der Waals surface area contributed by atoms with Crippen molar-refractivity contribution in [2.45, 2.75) is 33.7 Å². The summed E-state index contributed by atoms with van der Waals surface area (Å²) < 4.78 is 10.8. The van der Waals surface area contributed by atoms with Gasteiger partial charge in [0.15, 0.2) is 5.11 Å². The number of thiocarbonyl (C=S) groups is 1. The van der Waals surface area contributed by atoms with Gasteiger partial charge in [-0.05, 0) is 61.8 Å². The molecule has 1 aliphatic heterocycles. The number of hydrogen-bond acceptors (Lipinski definition) is 5. The zero-order valence-corrected chi connectivity index (χ0v) is 21.5. The van der Waals surface area contributed by atoms with Crippen molar-refractivity contribution in [1.29, 1.82) is 0 Å². The maximum Gasteiger partial charge on any atom is 0.338 e. The number of nitrogens with zero attached hydrogens (tertiary/aromatic N) is 1. The number of hydrogen-bond donors (Lipinski definition) is 3. The van der Waals surface area contributed by atoms with Gasteiger partial charge >= 0.3 is 12.0 Å². The van der Waals surface area contributed by atoms with Gasteiger partial charge in [-0.2, -0.15) is 0 Å². The number of carbonyl (C=O) groups excluding carboxylic acids is 2. The van der Waals surface area contributed by atoms with E-state index in [1.54, 1.807) is 37.4 Å². The van der Waals surface area contributed by atoms with Gasteiger partial charge in [0.25, 0.3) is 0 Å². The Morgan fingerprint density at radius 3 is 2.40 bits per heavy atom. The van der Waals surface area contributed by atoms with Crippen LogP contribution in [0.25, 0.3) is 0 Å². The fourth-order valence-electron chi connectivity index (χ4n) is 3.79. The molecule has 0 radical (unpaired) electrons. The Hall–Kier alpha value is -3.59. The Bertz CT molecular complexity index is 1130. The molecular formula is C26H32N4O4S. The number of amides is 2. The summed E-state index contributed by atoms with van der Waals surface area (Å²) in [4.78, 5) is 27.6. The van der Waals surface area contributed by atoms with Gasteiger partial charge in [-0.3, -0.25) is 0 Å². The predicted molar refractivity (Wildman–Crippen MR) is 141 cm³/mol. The van der Waals surface area contributed by atoms with Crippen molar-refractivity contribution in [2.75, 3.05) is 30.9 Å². The van der Waals surface area contributed by atoms with E-state index in [1.165, 1.54) is 0 Å². The lowest BCUT2D eigenvalue weighted by Crippen LogP contribution is -2.47. The molecule has 0 bridgehead atoms. The summed E-state index contributed by atoms with van der Waals surface area (Å²) in [6.07, 6.45) is 0. The molecule has 3 rings (SSSR count). The van der Waals surface area contributed by atoms with Gasteiger partial charge in [-0.25, -0.2) is 9.59 Å². The molecule has 8 nitrogen and oxygen atoms in total. The smallest absolute Gasteiger partial charge is 0.338 e. The largest absolute Gasteiger partial charge is 0.497 e. The molecule has 2 aromatic rings. The van der Waals surface area contributed by atoms with Crippen LogP contribution in [0.1, 0.15) is 39.3 Å². The SMILES string of the molecule is CCN1C(=S)NC(c2cccc(NC(=O)Nc3cccc(OC)c3)c2)C(C(=O)OCC(C)C)=C1C. The minimum absolute atomic E-state index is 0.217. The van der Waals surface area contributed by atoms with Gasteiger partial charge in [0, 0.05) is 29.7 Å². The average molecular weight is 497 g/mol. The lowest BCUT2D eigenvalue weighted by molar-refractivity contribution is -0.140. The lowest BCUT2D eigenvalue weighted by Gasteiger charge is -2.37. The molecule has 186 valence electrons. The van der Waals surface area contributed by atoms with Crippen LogP contribution in [0.4, 0.5) is 16.2 Å². The Kier molecular flexibility index (Phi) is 8.70. The monoisotopic (exact) mass is 496 g/mol. The number of esters is 1. The van der Waals surface area contributed by atoms with Gasteiger partial charge in [0.05, 0.1) is 25.3 Å². The molecule has 0 fully saturated rings. The third-order valence-corrected chi connectivity index (χ3v) is 5.82. The molecule has 2 aromatic carbocycles. The quantitative estimate of drug-likeness (QED) is 0.347. The van der Waals surface area contributed by atoms with Crippen LogP contribution in [-0.2, 0) is 9.53 Å². The van der Waals surface area contributed by atoms with E-state index in [9.17, 15) is 9.59 Å². The van der Waals surface area contributed by atoms with E-state index in [0.29, 0.717) is 41.0 Å². The minimum Gasteiger partial charge on any atom is -0.497 e. The molecular weight excluding hydrogens is 464 g/mol. The minimum atomic E-state index is -0.506. The van der Waals surface area contributed by atoms with Crippen LogP contribution in [0.3, 0.4) is 0 Å². The van der Waals surface area contributed by atoms with E-state index in [-0.39, 0.29) is 11.9 Å². The van der Waals surface area contributed by atoms with E-state index in [1.807, 2.05) is 50.8 Å². The summed E-state index contributed by atoms with van der Waals surface area (Å²) >= 11 is 5.56. The highest BCUT2D eigenvalue weighted by Crippen LogP contribution is 2.32. The number of ether oxygens (including phenoxy) is 2. The number of methoxy groups -OCH3 is 1. The molecule has 0 aliphatic carbocycles. The maximum atomic E-state index is 13.1. The molecule has 3 N–H and O–H groups in total. The van der Waals surface area contributed by atoms with Crippen molar-refractivity contribution in [1.82, 2.24) is 10.2 Å². The highest BCUT2D eigenvalue weighted by molar-refractivity contribution is 7.80. The summed E-state index contributed by atoms with van der Waals surface area (Å²) in [7, 11) is 1.57. The van der Waals surface area contributed by atoms with Crippen LogP contribution in [0.2, 0.25) is 0 Å². The Balaban J connectivity index is 1.84. The first-order chi connectivity index (χ1) is 16.7. The van der Waals surface area contributed by atoms with E-state index in [0.717, 1.165) is 11.3 Å². The maximum absolute atomic E-state index is 13.1. The Morgan fingerprint density at radius 1 is 1.11 bits per heavy atom. The van der Waals surface area contributed by atoms with E-state index >= 15 is 0 Å². The second-order valence-electron chi connectivity index (χ2n) is 8.55. The van der Waals surface area contributed by atoms with Gasteiger partial charge in [0.2, 0.25) is 0 Å². The van der Waals surface area contributed by atoms with Gasteiger partial charge in [-0.1, -0.05) is 32.0 Å². The van der Waals surface area contributed by atoms with Crippen molar-refractivity contribution >= 4 is 40.7 Å². The normalized spacial score (nSPS) is 15.5. The predicted octanol–water partition coefficient (Wildman–Crippen LogP) is 5.06. The van der Waals surface area contributed by atoms with Crippen LogP contribution < -0.4 is 20.7 Å². The first kappa shape index (κ1) is 26.0. The highest BCUT2D eigenvalue weighted by atomic mass is 32.1. The Morgan fingerprint density at radius 2 is 1.77 bits per heavy atom. The molecule has 1 aliphatic rings. The van der Waals surface area contributed by atoms with Crippen molar-refractivity contribution in [3.05, 3.63) is 65.4 Å². The summed E-state index contributed by atoms with van der Waals surface area (Å²) in [5.74, 6) is 0.474. The summed E-state index contributed by atoms with van der Waals surface area (Å²) in [6, 6.07) is 13.5. The average Bonchev–Trinajstić information content (AvgIpc) is 2.82. The number of urea groups is 1.